The molecule has 0 spiro atoms. The summed E-state index contributed by atoms with van der Waals surface area (Å²) in [6.45, 7) is 3.56. The van der Waals surface area contributed by atoms with Gasteiger partial charge in [0.25, 0.3) is 0 Å². The van der Waals surface area contributed by atoms with E-state index >= 15 is 0 Å². The van der Waals surface area contributed by atoms with Gasteiger partial charge in [0.1, 0.15) is 11.5 Å². The number of nitrogens with zero attached hydrogens (tertiary/aromatic N) is 1. The summed E-state index contributed by atoms with van der Waals surface area (Å²) < 4.78 is 11.7. The first-order valence-electron chi connectivity index (χ1n) is 11.5. The minimum Gasteiger partial charge on any atom is -0.494 e. The molecule has 0 saturated heterocycles. The van der Waals surface area contributed by atoms with E-state index in [1.54, 1.807) is 0 Å². The quantitative estimate of drug-likeness (QED) is 0.311. The summed E-state index contributed by atoms with van der Waals surface area (Å²) in [5.41, 5.74) is 5.09. The van der Waals surface area contributed by atoms with E-state index < -0.39 is 0 Å². The van der Waals surface area contributed by atoms with Crippen molar-refractivity contribution in [3.8, 4) is 22.9 Å². The standard InChI is InChI=1S/C27H31N3O2/c1-2-17-32-27-20-25(24-13-9-16-28-24)30-26(27)19-22-15-14-21(29-22)10-5-4-8-18-31-23-11-6-3-7-12-23/h3,6-7,9,11-16,19-20,28,30H,2,4-5,8,10,17-18H2,1H3. The normalized spacial score (nSPS) is 14.2. The summed E-state index contributed by atoms with van der Waals surface area (Å²) in [6.07, 6.45) is 13.4. The SMILES string of the molecule is CCCOc1cc(-c2ccc[nH]2)[nH]c1C=C1C=CC(CCCCCOc2ccccc2)=N1. The number of H-pyrrole nitrogens is 2. The number of hydrogen-bond acceptors (Lipinski definition) is 3. The van der Waals surface area contributed by atoms with Crippen LogP contribution in [-0.4, -0.2) is 28.9 Å². The van der Waals surface area contributed by atoms with Crippen molar-refractivity contribution in [1.82, 2.24) is 9.97 Å². The Kier molecular flexibility index (Phi) is 7.64. The van der Waals surface area contributed by atoms with Gasteiger partial charge in [-0.3, -0.25) is 4.99 Å². The van der Waals surface area contributed by atoms with Crippen LogP contribution in [0.1, 0.15) is 44.7 Å². The highest BCUT2D eigenvalue weighted by Crippen LogP contribution is 2.29. The zero-order chi connectivity index (χ0) is 22.0. The van der Waals surface area contributed by atoms with Crippen LogP contribution in [0.25, 0.3) is 17.5 Å². The lowest BCUT2D eigenvalue weighted by atomic mass is 10.1. The number of para-hydroxylation sites is 1. The number of hydrogen-bond donors (Lipinski definition) is 2. The molecule has 0 amide bonds. The van der Waals surface area contributed by atoms with Crippen molar-refractivity contribution < 1.29 is 9.47 Å². The minimum absolute atomic E-state index is 0.691. The second kappa shape index (κ2) is 11.2. The number of aliphatic imine (C=N–C) groups is 1. The third kappa shape index (κ3) is 6.03. The molecule has 1 aromatic carbocycles. The highest BCUT2D eigenvalue weighted by molar-refractivity contribution is 5.99. The van der Waals surface area contributed by atoms with Crippen LogP contribution in [0.2, 0.25) is 0 Å². The van der Waals surface area contributed by atoms with Gasteiger partial charge in [0.05, 0.1) is 36.0 Å². The number of benzene rings is 1. The molecule has 1 aliphatic heterocycles. The summed E-state index contributed by atoms with van der Waals surface area (Å²) in [7, 11) is 0. The zero-order valence-electron chi connectivity index (χ0n) is 18.6. The molecule has 5 heteroatoms. The van der Waals surface area contributed by atoms with Gasteiger partial charge >= 0.3 is 0 Å². The molecule has 3 aromatic rings. The molecular formula is C27H31N3O2. The average Bonchev–Trinajstić information content (AvgIpc) is 3.57. The van der Waals surface area contributed by atoms with E-state index in [1.807, 2.05) is 48.7 Å². The first-order chi connectivity index (χ1) is 15.8. The Balaban J connectivity index is 1.29. The van der Waals surface area contributed by atoms with Crippen LogP contribution in [-0.2, 0) is 0 Å². The molecule has 1 aliphatic rings. The van der Waals surface area contributed by atoms with Crippen molar-refractivity contribution in [2.24, 2.45) is 4.99 Å². The lowest BCUT2D eigenvalue weighted by molar-refractivity contribution is 0.306. The van der Waals surface area contributed by atoms with Gasteiger partial charge in [0, 0.05) is 18.0 Å². The zero-order valence-corrected chi connectivity index (χ0v) is 18.6. The van der Waals surface area contributed by atoms with E-state index in [-0.39, 0.29) is 0 Å². The summed E-state index contributed by atoms with van der Waals surface area (Å²) in [5.74, 6) is 1.80. The van der Waals surface area contributed by atoms with Crippen molar-refractivity contribution in [3.05, 3.63) is 78.3 Å². The smallest absolute Gasteiger partial charge is 0.144 e. The molecule has 4 rings (SSSR count). The van der Waals surface area contributed by atoms with E-state index in [0.29, 0.717) is 6.61 Å². The third-order valence-corrected chi connectivity index (χ3v) is 5.26. The second-order valence-corrected chi connectivity index (χ2v) is 7.87. The molecule has 0 fully saturated rings. The van der Waals surface area contributed by atoms with Gasteiger partial charge < -0.3 is 19.4 Å². The maximum absolute atomic E-state index is 5.96. The van der Waals surface area contributed by atoms with Gasteiger partial charge in [-0.15, -0.1) is 0 Å². The Labute approximate surface area is 189 Å². The van der Waals surface area contributed by atoms with E-state index in [1.165, 1.54) is 0 Å². The number of ether oxygens (including phenoxy) is 2. The fourth-order valence-electron chi connectivity index (χ4n) is 3.61. The Morgan fingerprint density at radius 3 is 2.62 bits per heavy atom. The van der Waals surface area contributed by atoms with E-state index in [0.717, 1.165) is 78.7 Å². The van der Waals surface area contributed by atoms with Crippen LogP contribution in [0.15, 0.2) is 77.6 Å². The molecule has 0 saturated carbocycles. The maximum Gasteiger partial charge on any atom is 0.144 e. The lowest BCUT2D eigenvalue weighted by Crippen LogP contribution is -1.98. The number of unbranched alkanes of at least 4 members (excludes halogenated alkanes) is 2. The highest BCUT2D eigenvalue weighted by atomic mass is 16.5. The predicted octanol–water partition coefficient (Wildman–Crippen LogP) is 6.79. The molecule has 2 aromatic heterocycles. The van der Waals surface area contributed by atoms with Crippen LogP contribution >= 0.6 is 0 Å². The molecule has 0 aliphatic carbocycles. The highest BCUT2D eigenvalue weighted by Gasteiger charge is 2.12. The molecule has 32 heavy (non-hydrogen) atoms. The Hall–Kier alpha value is -3.47. The van der Waals surface area contributed by atoms with Crippen LogP contribution < -0.4 is 9.47 Å². The monoisotopic (exact) mass is 429 g/mol. The van der Waals surface area contributed by atoms with Crippen molar-refractivity contribution in [3.63, 3.8) is 0 Å². The minimum atomic E-state index is 0.691. The number of allylic oxidation sites excluding steroid dienone is 2. The largest absolute Gasteiger partial charge is 0.494 e. The van der Waals surface area contributed by atoms with Crippen molar-refractivity contribution >= 4 is 11.8 Å². The molecule has 2 N–H and O–H groups in total. The molecule has 0 bridgehead atoms. The van der Waals surface area contributed by atoms with E-state index in [4.69, 9.17) is 14.5 Å². The number of aromatic nitrogens is 2. The second-order valence-electron chi connectivity index (χ2n) is 7.87. The van der Waals surface area contributed by atoms with Crippen LogP contribution in [0.3, 0.4) is 0 Å². The molecule has 0 radical (unpaired) electrons. The van der Waals surface area contributed by atoms with Crippen LogP contribution in [0.5, 0.6) is 11.5 Å². The number of rotatable bonds is 12. The molecule has 3 heterocycles. The molecule has 5 nitrogen and oxygen atoms in total. The summed E-state index contributed by atoms with van der Waals surface area (Å²) in [6, 6.07) is 16.1. The van der Waals surface area contributed by atoms with Gasteiger partial charge in [0.2, 0.25) is 0 Å². The van der Waals surface area contributed by atoms with Gasteiger partial charge in [0.15, 0.2) is 0 Å². The van der Waals surface area contributed by atoms with Crippen LogP contribution in [0.4, 0.5) is 0 Å². The topological polar surface area (TPSA) is 62.4 Å². The third-order valence-electron chi connectivity index (χ3n) is 5.26. The van der Waals surface area contributed by atoms with Gasteiger partial charge in [-0.2, -0.15) is 0 Å². The fraction of sp³-hybridized carbons (Fsp3) is 0.296. The summed E-state index contributed by atoms with van der Waals surface area (Å²) >= 11 is 0. The van der Waals surface area contributed by atoms with E-state index in [9.17, 15) is 0 Å². The van der Waals surface area contributed by atoms with E-state index in [2.05, 4.69) is 41.2 Å². The van der Waals surface area contributed by atoms with Crippen molar-refractivity contribution in [1.29, 1.82) is 0 Å². The lowest BCUT2D eigenvalue weighted by Gasteiger charge is -2.05. The Bertz CT molecular complexity index is 1060. The average molecular weight is 430 g/mol. The van der Waals surface area contributed by atoms with Crippen molar-refractivity contribution in [2.45, 2.75) is 39.0 Å². The first-order valence-corrected chi connectivity index (χ1v) is 11.5. The number of nitrogens with one attached hydrogen (secondary N) is 2. The fourth-order valence-corrected chi connectivity index (χ4v) is 3.61. The summed E-state index contributed by atoms with van der Waals surface area (Å²) in [5, 5.41) is 0. The predicted molar refractivity (Wildman–Crippen MR) is 131 cm³/mol. The molecular weight excluding hydrogens is 398 g/mol. The van der Waals surface area contributed by atoms with Crippen molar-refractivity contribution in [2.75, 3.05) is 13.2 Å². The van der Waals surface area contributed by atoms with Gasteiger partial charge in [-0.25, -0.2) is 0 Å². The maximum atomic E-state index is 5.96. The molecule has 166 valence electrons. The first kappa shape index (κ1) is 21.8. The van der Waals surface area contributed by atoms with Gasteiger partial charge in [-0.05, 0) is 74.6 Å². The number of aromatic amines is 2. The van der Waals surface area contributed by atoms with Gasteiger partial charge in [-0.1, -0.05) is 25.1 Å². The summed E-state index contributed by atoms with van der Waals surface area (Å²) in [4.78, 5) is 11.5. The Morgan fingerprint density at radius 2 is 1.81 bits per heavy atom. The molecule has 0 atom stereocenters. The van der Waals surface area contributed by atoms with Crippen LogP contribution in [0, 0.1) is 0 Å². The Morgan fingerprint density at radius 1 is 0.906 bits per heavy atom. The molecule has 0 unspecified atom stereocenters.